The molecule has 1 unspecified atom stereocenters. The van der Waals surface area contributed by atoms with E-state index in [1.54, 1.807) is 41.5 Å². The molecule has 0 aliphatic rings. The van der Waals surface area contributed by atoms with Gasteiger partial charge in [0.15, 0.2) is 0 Å². The molecule has 1 atom stereocenters. The lowest BCUT2D eigenvalue weighted by molar-refractivity contribution is -0.137. The Bertz CT molecular complexity index is 1610. The number of nitrogens with zero attached hydrogens (tertiary/aromatic N) is 5. The third-order valence-corrected chi connectivity index (χ3v) is 5.79. The highest BCUT2D eigenvalue weighted by Gasteiger charge is 2.30. The third-order valence-electron chi connectivity index (χ3n) is 5.79. The van der Waals surface area contributed by atoms with E-state index in [-0.39, 0.29) is 5.56 Å². The van der Waals surface area contributed by atoms with E-state index in [1.165, 1.54) is 6.33 Å². The van der Waals surface area contributed by atoms with Crippen molar-refractivity contribution in [1.29, 1.82) is 5.26 Å². The molecule has 2 aromatic carbocycles. The lowest BCUT2D eigenvalue weighted by atomic mass is 10.1. The number of alkyl halides is 3. The number of H-pyrrole nitrogens is 1. The lowest BCUT2D eigenvalue weighted by Crippen LogP contribution is -2.14. The number of aromatic amines is 1. The van der Waals surface area contributed by atoms with Crippen LogP contribution in [0.4, 0.5) is 18.9 Å². The summed E-state index contributed by atoms with van der Waals surface area (Å²) in [6.07, 6.45) is 2.45. The van der Waals surface area contributed by atoms with Gasteiger partial charge in [0.05, 0.1) is 23.5 Å². The quantitative estimate of drug-likeness (QED) is 0.324. The first-order valence-electron chi connectivity index (χ1n) is 11.1. The van der Waals surface area contributed by atoms with Crippen molar-refractivity contribution in [2.24, 2.45) is 0 Å². The zero-order chi connectivity index (χ0) is 26.0. The molecule has 8 nitrogen and oxygen atoms in total. The van der Waals surface area contributed by atoms with Crippen molar-refractivity contribution < 1.29 is 18.0 Å². The summed E-state index contributed by atoms with van der Waals surface area (Å²) in [6, 6.07) is 14.4. The maximum absolute atomic E-state index is 12.8. The number of hydrogen-bond acceptors (Lipinski definition) is 5. The predicted molar refractivity (Wildman–Crippen MR) is 129 cm³/mol. The van der Waals surface area contributed by atoms with Gasteiger partial charge in [0.2, 0.25) is 0 Å². The van der Waals surface area contributed by atoms with E-state index >= 15 is 0 Å². The van der Waals surface area contributed by atoms with Gasteiger partial charge in [-0.2, -0.15) is 23.5 Å². The number of hydrogen-bond donors (Lipinski definition) is 2. The summed E-state index contributed by atoms with van der Waals surface area (Å²) < 4.78 is 39.9. The molecule has 0 radical (unpaired) electrons. The van der Waals surface area contributed by atoms with Gasteiger partial charge in [0, 0.05) is 41.0 Å². The normalized spacial score (nSPS) is 12.3. The molecule has 0 saturated carbocycles. The van der Waals surface area contributed by atoms with Crippen LogP contribution >= 0.6 is 0 Å². The van der Waals surface area contributed by atoms with Crippen molar-refractivity contribution in [2.45, 2.75) is 18.6 Å². The summed E-state index contributed by atoms with van der Waals surface area (Å²) in [6.45, 7) is 0. The minimum Gasteiger partial charge on any atom is -0.346 e. The molecule has 3 heterocycles. The molecule has 184 valence electrons. The van der Waals surface area contributed by atoms with E-state index in [4.69, 9.17) is 0 Å². The van der Waals surface area contributed by atoms with Crippen LogP contribution < -0.4 is 5.32 Å². The van der Waals surface area contributed by atoms with Crippen molar-refractivity contribution in [3.8, 4) is 17.3 Å². The highest BCUT2D eigenvalue weighted by atomic mass is 19.4. The molecule has 2 N–H and O–H groups in total. The largest absolute Gasteiger partial charge is 0.416 e. The fourth-order valence-corrected chi connectivity index (χ4v) is 3.94. The topological polar surface area (TPSA) is 112 Å². The zero-order valence-corrected chi connectivity index (χ0v) is 19.1. The van der Waals surface area contributed by atoms with Crippen molar-refractivity contribution in [3.63, 3.8) is 0 Å². The Balaban J connectivity index is 1.30. The Labute approximate surface area is 208 Å². The zero-order valence-electron chi connectivity index (χ0n) is 19.1. The molecule has 5 rings (SSSR count). The molecule has 0 fully saturated rings. The van der Waals surface area contributed by atoms with Gasteiger partial charge in [0.25, 0.3) is 5.91 Å². The second-order valence-corrected chi connectivity index (χ2v) is 8.25. The molecule has 3 aromatic heterocycles. The van der Waals surface area contributed by atoms with Gasteiger partial charge in [0.1, 0.15) is 18.0 Å². The number of carbonyl (C=O) groups is 1. The summed E-state index contributed by atoms with van der Waals surface area (Å²) in [5.41, 5.74) is 2.63. The highest BCUT2D eigenvalue weighted by molar-refractivity contribution is 6.04. The molecule has 37 heavy (non-hydrogen) atoms. The van der Waals surface area contributed by atoms with Crippen LogP contribution in [0.15, 0.2) is 79.5 Å². The number of nitrogens with one attached hydrogen (secondary N) is 2. The number of benzene rings is 2. The Kier molecular flexibility index (Phi) is 6.15. The molecular formula is C26H18F3N7O. The minimum absolute atomic E-state index is 0.0960. The number of anilines is 1. The first-order chi connectivity index (χ1) is 17.8. The molecule has 0 aliphatic carbocycles. The molecule has 0 saturated heterocycles. The van der Waals surface area contributed by atoms with E-state index in [1.807, 2.05) is 12.1 Å². The van der Waals surface area contributed by atoms with Gasteiger partial charge in [-0.25, -0.2) is 9.97 Å². The van der Waals surface area contributed by atoms with Gasteiger partial charge < -0.3 is 10.3 Å². The van der Waals surface area contributed by atoms with Crippen LogP contribution in [0.3, 0.4) is 0 Å². The van der Waals surface area contributed by atoms with Gasteiger partial charge in [-0.05, 0) is 48.0 Å². The van der Waals surface area contributed by atoms with Crippen molar-refractivity contribution in [3.05, 3.63) is 96.2 Å². The molecule has 0 spiro atoms. The maximum atomic E-state index is 12.8. The number of amides is 1. The third kappa shape index (κ3) is 5.04. The summed E-state index contributed by atoms with van der Waals surface area (Å²) >= 11 is 0. The van der Waals surface area contributed by atoms with Gasteiger partial charge >= 0.3 is 6.18 Å². The second kappa shape index (κ2) is 9.58. The average molecular weight is 501 g/mol. The number of aromatic nitrogens is 5. The van der Waals surface area contributed by atoms with Crippen molar-refractivity contribution in [1.82, 2.24) is 24.7 Å². The number of fused-ring (bicyclic) bond motifs is 1. The van der Waals surface area contributed by atoms with Crippen LogP contribution in [0.25, 0.3) is 22.3 Å². The Morgan fingerprint density at radius 1 is 1.14 bits per heavy atom. The van der Waals surface area contributed by atoms with E-state index in [0.29, 0.717) is 23.4 Å². The van der Waals surface area contributed by atoms with E-state index in [0.717, 1.165) is 40.8 Å². The standard InChI is InChI=1S/C26H18F3N7O/c27-26(28,29)19-6-4-17(5-7-19)25(37)35-20-3-1-2-16(10-20)11-21(12-30)36-14-18(13-34-36)23-22-8-9-31-24(22)33-15-32-23/h1-10,13-15,21H,11H2,(H,35,37)(H,31,32,33). The smallest absolute Gasteiger partial charge is 0.346 e. The second-order valence-electron chi connectivity index (χ2n) is 8.25. The number of halogens is 3. The fraction of sp³-hybridized carbons (Fsp3) is 0.115. The fourth-order valence-electron chi connectivity index (χ4n) is 3.94. The van der Waals surface area contributed by atoms with Crippen molar-refractivity contribution >= 4 is 22.6 Å². The van der Waals surface area contributed by atoms with Crippen LogP contribution in [0.2, 0.25) is 0 Å². The summed E-state index contributed by atoms with van der Waals surface area (Å²) in [5, 5.41) is 17.7. The van der Waals surface area contributed by atoms with Crippen LogP contribution in [0.1, 0.15) is 27.5 Å². The molecule has 11 heteroatoms. The van der Waals surface area contributed by atoms with Gasteiger partial charge in [-0.1, -0.05) is 12.1 Å². The van der Waals surface area contributed by atoms with E-state index < -0.39 is 23.7 Å². The minimum atomic E-state index is -4.47. The molecule has 0 bridgehead atoms. The predicted octanol–water partition coefficient (Wildman–Crippen LogP) is 5.40. The van der Waals surface area contributed by atoms with Gasteiger partial charge in [-0.15, -0.1) is 0 Å². The highest BCUT2D eigenvalue weighted by Crippen LogP contribution is 2.29. The van der Waals surface area contributed by atoms with Crippen molar-refractivity contribution in [2.75, 3.05) is 5.32 Å². The summed E-state index contributed by atoms with van der Waals surface area (Å²) in [4.78, 5) is 24.1. The Morgan fingerprint density at radius 3 is 2.70 bits per heavy atom. The van der Waals surface area contributed by atoms with Crippen LogP contribution in [-0.2, 0) is 12.6 Å². The molecule has 1 amide bonds. The van der Waals surface area contributed by atoms with Crippen LogP contribution in [0, 0.1) is 11.3 Å². The summed E-state index contributed by atoms with van der Waals surface area (Å²) in [7, 11) is 0. The molecule has 0 aliphatic heterocycles. The maximum Gasteiger partial charge on any atom is 0.416 e. The summed E-state index contributed by atoms with van der Waals surface area (Å²) in [5.74, 6) is -0.541. The molecule has 5 aromatic rings. The first-order valence-corrected chi connectivity index (χ1v) is 11.1. The lowest BCUT2D eigenvalue weighted by Gasteiger charge is -2.12. The molecular weight excluding hydrogens is 483 g/mol. The number of carbonyl (C=O) groups excluding carboxylic acids is 1. The Hall–Kier alpha value is -4.98. The average Bonchev–Trinajstić information content (AvgIpc) is 3.57. The Morgan fingerprint density at radius 2 is 1.95 bits per heavy atom. The van der Waals surface area contributed by atoms with E-state index in [2.05, 4.69) is 31.4 Å². The first kappa shape index (κ1) is 23.7. The number of nitriles is 1. The monoisotopic (exact) mass is 501 g/mol. The van der Waals surface area contributed by atoms with Crippen LogP contribution in [-0.4, -0.2) is 30.6 Å². The number of rotatable bonds is 6. The van der Waals surface area contributed by atoms with Crippen LogP contribution in [0.5, 0.6) is 0 Å². The SMILES string of the molecule is N#CC(Cc1cccc(NC(=O)c2ccc(C(F)(F)F)cc2)c1)n1cc(-c2ncnc3[nH]ccc23)cn1. The van der Waals surface area contributed by atoms with Gasteiger partial charge in [-0.3, -0.25) is 9.48 Å². The van der Waals surface area contributed by atoms with E-state index in [9.17, 15) is 23.2 Å².